The van der Waals surface area contributed by atoms with Gasteiger partial charge in [0, 0.05) is 30.1 Å². The van der Waals surface area contributed by atoms with Gasteiger partial charge < -0.3 is 10.3 Å². The molecule has 19 heavy (non-hydrogen) atoms. The number of fused-ring (bicyclic) bond motifs is 1. The number of aromatic amines is 1. The SMILES string of the molecule is O=C(CC1CCC1)NCCc1c[nH]c2ccccc12. The molecule has 0 atom stereocenters. The Balaban J connectivity index is 1.50. The Morgan fingerprint density at radius 1 is 1.32 bits per heavy atom. The quantitative estimate of drug-likeness (QED) is 0.848. The molecule has 1 aromatic heterocycles. The lowest BCUT2D eigenvalue weighted by atomic mass is 9.83. The minimum Gasteiger partial charge on any atom is -0.361 e. The minimum atomic E-state index is 0.213. The first-order chi connectivity index (χ1) is 9.33. The predicted octanol–water partition coefficient (Wildman–Crippen LogP) is 3.02. The van der Waals surface area contributed by atoms with Crippen LogP contribution in [0, 0.1) is 5.92 Å². The minimum absolute atomic E-state index is 0.213. The van der Waals surface area contributed by atoms with Crippen LogP contribution in [0.3, 0.4) is 0 Å². The van der Waals surface area contributed by atoms with E-state index in [9.17, 15) is 4.79 Å². The molecule has 1 aliphatic carbocycles. The number of aromatic nitrogens is 1. The van der Waals surface area contributed by atoms with Crippen LogP contribution >= 0.6 is 0 Å². The number of H-pyrrole nitrogens is 1. The summed E-state index contributed by atoms with van der Waals surface area (Å²) in [6.07, 6.45) is 7.41. The number of amides is 1. The highest BCUT2D eigenvalue weighted by atomic mass is 16.1. The highest BCUT2D eigenvalue weighted by Crippen LogP contribution is 2.29. The normalized spacial score (nSPS) is 15.4. The summed E-state index contributed by atoms with van der Waals surface area (Å²) in [6.45, 7) is 0.730. The van der Waals surface area contributed by atoms with Gasteiger partial charge in [0.25, 0.3) is 0 Å². The number of carbonyl (C=O) groups is 1. The van der Waals surface area contributed by atoms with E-state index in [2.05, 4.69) is 28.5 Å². The van der Waals surface area contributed by atoms with E-state index in [4.69, 9.17) is 0 Å². The number of hydrogen-bond acceptors (Lipinski definition) is 1. The van der Waals surface area contributed by atoms with Gasteiger partial charge in [-0.05, 0) is 36.8 Å². The maximum absolute atomic E-state index is 11.7. The van der Waals surface area contributed by atoms with E-state index in [1.165, 1.54) is 35.7 Å². The molecule has 0 saturated heterocycles. The third-order valence-corrected chi connectivity index (χ3v) is 4.09. The van der Waals surface area contributed by atoms with E-state index >= 15 is 0 Å². The molecular weight excluding hydrogens is 236 g/mol. The van der Waals surface area contributed by atoms with Crippen LogP contribution in [0.1, 0.15) is 31.2 Å². The molecule has 0 aliphatic heterocycles. The Kier molecular flexibility index (Phi) is 3.53. The molecule has 1 heterocycles. The average molecular weight is 256 g/mol. The molecule has 3 rings (SSSR count). The average Bonchev–Trinajstić information content (AvgIpc) is 2.78. The van der Waals surface area contributed by atoms with Crippen molar-refractivity contribution in [2.75, 3.05) is 6.54 Å². The number of para-hydroxylation sites is 1. The Morgan fingerprint density at radius 3 is 2.95 bits per heavy atom. The van der Waals surface area contributed by atoms with Crippen molar-refractivity contribution in [1.82, 2.24) is 10.3 Å². The lowest BCUT2D eigenvalue weighted by Gasteiger charge is -2.24. The van der Waals surface area contributed by atoms with Gasteiger partial charge in [-0.1, -0.05) is 24.6 Å². The van der Waals surface area contributed by atoms with Crippen LogP contribution in [0.2, 0.25) is 0 Å². The second-order valence-corrected chi connectivity index (χ2v) is 5.46. The van der Waals surface area contributed by atoms with Crippen molar-refractivity contribution in [1.29, 1.82) is 0 Å². The number of rotatable bonds is 5. The van der Waals surface area contributed by atoms with Crippen molar-refractivity contribution in [2.45, 2.75) is 32.1 Å². The van der Waals surface area contributed by atoms with Crippen molar-refractivity contribution in [3.05, 3.63) is 36.0 Å². The molecule has 0 bridgehead atoms. The Bertz CT molecular complexity index is 569. The molecule has 1 aliphatic rings. The number of carbonyl (C=O) groups excluding carboxylic acids is 1. The zero-order valence-electron chi connectivity index (χ0n) is 11.1. The Morgan fingerprint density at radius 2 is 2.16 bits per heavy atom. The maximum Gasteiger partial charge on any atom is 0.220 e. The molecule has 2 N–H and O–H groups in total. The van der Waals surface area contributed by atoms with E-state index < -0.39 is 0 Å². The standard InChI is InChI=1S/C16H20N2O/c19-16(10-12-4-3-5-12)17-9-8-13-11-18-15-7-2-1-6-14(13)15/h1-2,6-7,11-12,18H,3-5,8-10H2,(H,17,19). The number of nitrogens with one attached hydrogen (secondary N) is 2. The molecule has 2 aromatic rings. The first-order valence-corrected chi connectivity index (χ1v) is 7.14. The van der Waals surface area contributed by atoms with Crippen LogP contribution in [-0.4, -0.2) is 17.4 Å². The van der Waals surface area contributed by atoms with E-state index in [1.54, 1.807) is 0 Å². The summed E-state index contributed by atoms with van der Waals surface area (Å²) >= 11 is 0. The lowest BCUT2D eigenvalue weighted by Crippen LogP contribution is -2.29. The molecule has 1 aromatic carbocycles. The van der Waals surface area contributed by atoms with E-state index in [0.717, 1.165) is 13.0 Å². The smallest absolute Gasteiger partial charge is 0.220 e. The van der Waals surface area contributed by atoms with Crippen LogP contribution in [-0.2, 0) is 11.2 Å². The van der Waals surface area contributed by atoms with E-state index in [0.29, 0.717) is 12.3 Å². The summed E-state index contributed by atoms with van der Waals surface area (Å²) in [4.78, 5) is 15.0. The van der Waals surface area contributed by atoms with Crippen molar-refractivity contribution < 1.29 is 4.79 Å². The maximum atomic E-state index is 11.7. The molecule has 1 saturated carbocycles. The molecule has 3 nitrogen and oxygen atoms in total. The molecule has 0 unspecified atom stereocenters. The van der Waals surface area contributed by atoms with Gasteiger partial charge in [0.1, 0.15) is 0 Å². The fourth-order valence-corrected chi connectivity index (χ4v) is 2.71. The highest BCUT2D eigenvalue weighted by molar-refractivity contribution is 5.83. The zero-order chi connectivity index (χ0) is 13.1. The van der Waals surface area contributed by atoms with Crippen LogP contribution in [0.25, 0.3) is 10.9 Å². The molecule has 1 amide bonds. The van der Waals surface area contributed by atoms with Crippen molar-refractivity contribution >= 4 is 16.8 Å². The largest absolute Gasteiger partial charge is 0.361 e. The Labute approximate surface area is 113 Å². The number of hydrogen-bond donors (Lipinski definition) is 2. The summed E-state index contributed by atoms with van der Waals surface area (Å²) in [7, 11) is 0. The van der Waals surface area contributed by atoms with Crippen LogP contribution in [0.4, 0.5) is 0 Å². The molecule has 3 heteroatoms. The van der Waals surface area contributed by atoms with Crippen LogP contribution in [0.15, 0.2) is 30.5 Å². The molecule has 100 valence electrons. The van der Waals surface area contributed by atoms with Crippen LogP contribution < -0.4 is 5.32 Å². The van der Waals surface area contributed by atoms with Crippen molar-refractivity contribution in [3.8, 4) is 0 Å². The third kappa shape index (κ3) is 2.80. The van der Waals surface area contributed by atoms with Gasteiger partial charge in [-0.2, -0.15) is 0 Å². The van der Waals surface area contributed by atoms with E-state index in [1.807, 2.05) is 12.3 Å². The highest BCUT2D eigenvalue weighted by Gasteiger charge is 2.20. The van der Waals surface area contributed by atoms with Gasteiger partial charge in [-0.25, -0.2) is 0 Å². The van der Waals surface area contributed by atoms with Gasteiger partial charge in [-0.15, -0.1) is 0 Å². The fraction of sp³-hybridized carbons (Fsp3) is 0.438. The third-order valence-electron chi connectivity index (χ3n) is 4.09. The lowest BCUT2D eigenvalue weighted by molar-refractivity contribution is -0.122. The first-order valence-electron chi connectivity index (χ1n) is 7.14. The van der Waals surface area contributed by atoms with Crippen molar-refractivity contribution in [3.63, 3.8) is 0 Å². The summed E-state index contributed by atoms with van der Waals surface area (Å²) in [6, 6.07) is 8.28. The summed E-state index contributed by atoms with van der Waals surface area (Å²) in [5.74, 6) is 0.859. The topological polar surface area (TPSA) is 44.9 Å². The summed E-state index contributed by atoms with van der Waals surface area (Å²) in [5.41, 5.74) is 2.44. The second kappa shape index (κ2) is 5.47. The van der Waals surface area contributed by atoms with Gasteiger partial charge in [0.05, 0.1) is 0 Å². The Hall–Kier alpha value is -1.77. The predicted molar refractivity (Wildman–Crippen MR) is 77.0 cm³/mol. The zero-order valence-corrected chi connectivity index (χ0v) is 11.1. The van der Waals surface area contributed by atoms with Crippen molar-refractivity contribution in [2.24, 2.45) is 5.92 Å². The first kappa shape index (κ1) is 12.3. The fourth-order valence-electron chi connectivity index (χ4n) is 2.71. The molecular formula is C16H20N2O. The van der Waals surface area contributed by atoms with Gasteiger partial charge in [0.2, 0.25) is 5.91 Å². The van der Waals surface area contributed by atoms with Crippen LogP contribution in [0.5, 0.6) is 0 Å². The van der Waals surface area contributed by atoms with Gasteiger partial charge in [-0.3, -0.25) is 4.79 Å². The van der Waals surface area contributed by atoms with Gasteiger partial charge >= 0.3 is 0 Å². The van der Waals surface area contributed by atoms with Gasteiger partial charge in [0.15, 0.2) is 0 Å². The molecule has 0 radical (unpaired) electrons. The second-order valence-electron chi connectivity index (χ2n) is 5.46. The summed E-state index contributed by atoms with van der Waals surface area (Å²) < 4.78 is 0. The monoisotopic (exact) mass is 256 g/mol. The number of benzene rings is 1. The molecule has 0 spiro atoms. The molecule has 1 fully saturated rings. The van der Waals surface area contributed by atoms with E-state index in [-0.39, 0.29) is 5.91 Å². The summed E-state index contributed by atoms with van der Waals surface area (Å²) in [5, 5.41) is 4.29.